The van der Waals surface area contributed by atoms with Crippen LogP contribution in [-0.4, -0.2) is 44.5 Å². The van der Waals surface area contributed by atoms with E-state index in [1.165, 1.54) is 18.1 Å². The van der Waals surface area contributed by atoms with E-state index in [9.17, 15) is 4.79 Å². The number of carbonyl (C=O) groups excluding carboxylic acids is 1. The van der Waals surface area contributed by atoms with Crippen molar-refractivity contribution in [2.45, 2.75) is 19.9 Å². The van der Waals surface area contributed by atoms with E-state index in [4.69, 9.17) is 4.74 Å². The minimum atomic E-state index is -0.0619. The van der Waals surface area contributed by atoms with Crippen LogP contribution < -0.4 is 15.4 Å². The van der Waals surface area contributed by atoms with E-state index in [0.29, 0.717) is 0 Å². The number of ether oxygens (including phenoxy) is 1. The minimum Gasteiger partial charge on any atom is -0.497 e. The Labute approximate surface area is 161 Å². The molecule has 0 radical (unpaired) electrons. The Morgan fingerprint density at radius 1 is 1.07 bits per heavy atom. The number of hydrogen-bond donors (Lipinski definition) is 2. The number of hydrogen-bond acceptors (Lipinski definition) is 3. The molecule has 6 heteroatoms. The smallest absolute Gasteiger partial charge is 0.221 e. The number of amides is 1. The molecule has 0 fully saturated rings. The van der Waals surface area contributed by atoms with Crippen LogP contribution in [0.25, 0.3) is 0 Å². The van der Waals surface area contributed by atoms with Gasteiger partial charge in [0, 0.05) is 39.8 Å². The summed E-state index contributed by atoms with van der Waals surface area (Å²) in [6.45, 7) is 3.04. The van der Waals surface area contributed by atoms with Crippen molar-refractivity contribution in [3.05, 3.63) is 59.7 Å². The van der Waals surface area contributed by atoms with Crippen molar-refractivity contribution in [2.75, 3.05) is 33.1 Å². The number of methoxy groups -OCH3 is 1. The number of benzene rings is 2. The lowest BCUT2D eigenvalue weighted by Gasteiger charge is -2.22. The summed E-state index contributed by atoms with van der Waals surface area (Å²) >= 11 is 0. The summed E-state index contributed by atoms with van der Waals surface area (Å²) in [7, 11) is 5.47. The SMILES string of the molecule is CN=C(NCCc1ccc(NC(C)=O)cc1)N(C)Cc1ccc(OC)cc1. The highest BCUT2D eigenvalue weighted by atomic mass is 16.5. The molecule has 6 nitrogen and oxygen atoms in total. The van der Waals surface area contributed by atoms with Gasteiger partial charge in [0.1, 0.15) is 5.75 Å². The monoisotopic (exact) mass is 368 g/mol. The van der Waals surface area contributed by atoms with Crippen LogP contribution in [0, 0.1) is 0 Å². The molecule has 2 rings (SSSR count). The first-order chi connectivity index (χ1) is 13.0. The molecule has 0 atom stereocenters. The van der Waals surface area contributed by atoms with E-state index in [1.807, 2.05) is 43.4 Å². The molecular weight excluding hydrogens is 340 g/mol. The van der Waals surface area contributed by atoms with Crippen molar-refractivity contribution >= 4 is 17.6 Å². The molecule has 2 aromatic carbocycles. The van der Waals surface area contributed by atoms with Gasteiger partial charge in [-0.05, 0) is 41.8 Å². The molecule has 0 aliphatic rings. The molecule has 2 aromatic rings. The number of aliphatic imine (C=N–C) groups is 1. The molecule has 0 saturated carbocycles. The lowest BCUT2D eigenvalue weighted by atomic mass is 10.1. The molecule has 0 heterocycles. The Kier molecular flexibility index (Phi) is 7.67. The Morgan fingerprint density at radius 3 is 2.26 bits per heavy atom. The molecule has 2 N–H and O–H groups in total. The van der Waals surface area contributed by atoms with Crippen LogP contribution >= 0.6 is 0 Å². The molecule has 0 aliphatic heterocycles. The lowest BCUT2D eigenvalue weighted by molar-refractivity contribution is -0.114. The Bertz CT molecular complexity index is 755. The topological polar surface area (TPSA) is 66.0 Å². The number of anilines is 1. The van der Waals surface area contributed by atoms with Crippen LogP contribution in [0.1, 0.15) is 18.1 Å². The van der Waals surface area contributed by atoms with Gasteiger partial charge in [-0.25, -0.2) is 0 Å². The van der Waals surface area contributed by atoms with Crippen LogP contribution in [0.15, 0.2) is 53.5 Å². The fourth-order valence-corrected chi connectivity index (χ4v) is 2.74. The second-order valence-electron chi connectivity index (χ2n) is 6.31. The number of guanidine groups is 1. The third-order valence-electron chi connectivity index (χ3n) is 4.12. The van der Waals surface area contributed by atoms with Gasteiger partial charge in [-0.2, -0.15) is 0 Å². The fraction of sp³-hybridized carbons (Fsp3) is 0.333. The predicted molar refractivity (Wildman–Crippen MR) is 110 cm³/mol. The largest absolute Gasteiger partial charge is 0.497 e. The summed E-state index contributed by atoms with van der Waals surface area (Å²) in [5.41, 5.74) is 3.20. The minimum absolute atomic E-state index is 0.0619. The first kappa shape index (κ1) is 20.3. The summed E-state index contributed by atoms with van der Waals surface area (Å²) < 4.78 is 5.19. The molecule has 0 saturated heterocycles. The van der Waals surface area contributed by atoms with Crippen LogP contribution in [0.3, 0.4) is 0 Å². The van der Waals surface area contributed by atoms with Gasteiger partial charge in [-0.1, -0.05) is 24.3 Å². The van der Waals surface area contributed by atoms with Crippen LogP contribution in [-0.2, 0) is 17.8 Å². The first-order valence-corrected chi connectivity index (χ1v) is 8.93. The molecule has 0 unspecified atom stereocenters. The number of nitrogens with zero attached hydrogens (tertiary/aromatic N) is 2. The zero-order chi connectivity index (χ0) is 19.6. The molecule has 144 valence electrons. The van der Waals surface area contributed by atoms with E-state index in [0.717, 1.165) is 36.9 Å². The number of nitrogens with one attached hydrogen (secondary N) is 2. The van der Waals surface area contributed by atoms with Gasteiger partial charge in [-0.3, -0.25) is 9.79 Å². The van der Waals surface area contributed by atoms with Crippen LogP contribution in [0.5, 0.6) is 5.75 Å². The van der Waals surface area contributed by atoms with E-state index in [-0.39, 0.29) is 5.91 Å². The Hall–Kier alpha value is -3.02. The zero-order valence-corrected chi connectivity index (χ0v) is 16.5. The summed E-state index contributed by atoms with van der Waals surface area (Å²) in [6.07, 6.45) is 0.871. The predicted octanol–water partition coefficient (Wildman–Crippen LogP) is 2.90. The quantitative estimate of drug-likeness (QED) is 0.583. The molecule has 0 aromatic heterocycles. The van der Waals surface area contributed by atoms with Gasteiger partial charge in [0.2, 0.25) is 5.91 Å². The van der Waals surface area contributed by atoms with Crippen molar-refractivity contribution in [1.82, 2.24) is 10.2 Å². The molecule has 0 spiro atoms. The molecule has 1 amide bonds. The molecule has 27 heavy (non-hydrogen) atoms. The van der Waals surface area contributed by atoms with Gasteiger partial charge in [0.05, 0.1) is 7.11 Å². The maximum Gasteiger partial charge on any atom is 0.221 e. The average molecular weight is 368 g/mol. The Balaban J connectivity index is 1.82. The third-order valence-corrected chi connectivity index (χ3v) is 4.12. The highest BCUT2D eigenvalue weighted by Crippen LogP contribution is 2.13. The molecule has 0 bridgehead atoms. The standard InChI is InChI=1S/C21H28N4O2/c1-16(26)24-19-9-5-17(6-10-19)13-14-23-21(22-2)25(3)15-18-7-11-20(27-4)12-8-18/h5-12H,13-15H2,1-4H3,(H,22,23)(H,24,26). The molecular formula is C21H28N4O2. The zero-order valence-electron chi connectivity index (χ0n) is 16.5. The summed E-state index contributed by atoms with van der Waals surface area (Å²) in [5.74, 6) is 1.64. The normalized spacial score (nSPS) is 11.0. The highest BCUT2D eigenvalue weighted by molar-refractivity contribution is 5.88. The van der Waals surface area contributed by atoms with Crippen LogP contribution in [0.2, 0.25) is 0 Å². The van der Waals surface area contributed by atoms with Crippen molar-refractivity contribution < 1.29 is 9.53 Å². The number of rotatable bonds is 7. The van der Waals surface area contributed by atoms with Crippen molar-refractivity contribution in [2.24, 2.45) is 4.99 Å². The average Bonchev–Trinajstić information content (AvgIpc) is 2.66. The van der Waals surface area contributed by atoms with Gasteiger partial charge < -0.3 is 20.3 Å². The van der Waals surface area contributed by atoms with E-state index < -0.39 is 0 Å². The van der Waals surface area contributed by atoms with E-state index in [2.05, 4.69) is 32.7 Å². The number of carbonyl (C=O) groups is 1. The van der Waals surface area contributed by atoms with Crippen molar-refractivity contribution in [3.63, 3.8) is 0 Å². The maximum atomic E-state index is 11.1. The third kappa shape index (κ3) is 6.66. The van der Waals surface area contributed by atoms with Gasteiger partial charge >= 0.3 is 0 Å². The Morgan fingerprint density at radius 2 is 1.70 bits per heavy atom. The van der Waals surface area contributed by atoms with E-state index >= 15 is 0 Å². The van der Waals surface area contributed by atoms with Crippen molar-refractivity contribution in [3.8, 4) is 5.75 Å². The summed E-state index contributed by atoms with van der Waals surface area (Å²) in [6, 6.07) is 15.9. The van der Waals surface area contributed by atoms with E-state index in [1.54, 1.807) is 14.2 Å². The fourth-order valence-electron chi connectivity index (χ4n) is 2.74. The second-order valence-corrected chi connectivity index (χ2v) is 6.31. The maximum absolute atomic E-state index is 11.1. The van der Waals surface area contributed by atoms with Crippen LogP contribution in [0.4, 0.5) is 5.69 Å². The highest BCUT2D eigenvalue weighted by Gasteiger charge is 2.07. The van der Waals surface area contributed by atoms with Gasteiger partial charge in [0.15, 0.2) is 5.96 Å². The first-order valence-electron chi connectivity index (χ1n) is 8.93. The van der Waals surface area contributed by atoms with Crippen molar-refractivity contribution in [1.29, 1.82) is 0 Å². The summed E-state index contributed by atoms with van der Waals surface area (Å²) in [4.78, 5) is 17.5. The lowest BCUT2D eigenvalue weighted by Crippen LogP contribution is -2.39. The second kappa shape index (κ2) is 10.2. The molecule has 0 aliphatic carbocycles. The summed E-state index contributed by atoms with van der Waals surface area (Å²) in [5, 5.41) is 6.16. The van der Waals surface area contributed by atoms with Gasteiger partial charge in [0.25, 0.3) is 0 Å². The van der Waals surface area contributed by atoms with Gasteiger partial charge in [-0.15, -0.1) is 0 Å².